The molecule has 3 rings (SSSR count). The molecule has 1 aliphatic heterocycles. The Bertz CT molecular complexity index is 933. The molecule has 1 aliphatic rings. The maximum atomic E-state index is 5.67. The van der Waals surface area contributed by atoms with Gasteiger partial charge in [-0.1, -0.05) is 39.0 Å². The van der Waals surface area contributed by atoms with E-state index in [2.05, 4.69) is 58.9 Å². The number of ether oxygens (including phenoxy) is 4. The lowest BCUT2D eigenvalue weighted by atomic mass is 9.85. The average molecular weight is 521 g/mol. The van der Waals surface area contributed by atoms with Crippen LogP contribution in [0.3, 0.4) is 0 Å². The van der Waals surface area contributed by atoms with E-state index in [9.17, 15) is 0 Å². The van der Waals surface area contributed by atoms with Crippen molar-refractivity contribution in [2.75, 3.05) is 33.3 Å². The largest absolute Gasteiger partial charge is 0.493 e. The lowest BCUT2D eigenvalue weighted by molar-refractivity contribution is 0.350. The van der Waals surface area contributed by atoms with Crippen molar-refractivity contribution in [1.29, 1.82) is 0 Å². The molecule has 0 N–H and O–H groups in total. The van der Waals surface area contributed by atoms with Crippen molar-refractivity contribution in [1.82, 2.24) is 0 Å². The third-order valence-electron chi connectivity index (χ3n) is 6.63. The van der Waals surface area contributed by atoms with Crippen molar-refractivity contribution < 1.29 is 18.9 Å². The second-order valence-corrected chi connectivity index (χ2v) is 9.60. The smallest absolute Gasteiger partial charge is 0.175 e. The minimum atomic E-state index is 0.246. The number of rotatable bonds is 11. The molecule has 0 saturated heterocycles. The van der Waals surface area contributed by atoms with Crippen LogP contribution in [0, 0.1) is 0 Å². The van der Waals surface area contributed by atoms with Gasteiger partial charge in [-0.3, -0.25) is 0 Å². The third kappa shape index (κ3) is 5.53. The van der Waals surface area contributed by atoms with E-state index in [1.807, 2.05) is 0 Å². The van der Waals surface area contributed by atoms with Gasteiger partial charge < -0.3 is 23.8 Å². The Morgan fingerprint density at radius 3 is 2.15 bits per heavy atom. The summed E-state index contributed by atoms with van der Waals surface area (Å²) < 4.78 is 23.4. The Balaban J connectivity index is 2.05. The van der Waals surface area contributed by atoms with Crippen LogP contribution < -0.4 is 23.8 Å². The van der Waals surface area contributed by atoms with Crippen LogP contribution in [0.2, 0.25) is 0 Å². The predicted molar refractivity (Wildman–Crippen MR) is 139 cm³/mol. The molecule has 0 fully saturated rings. The second-order valence-electron chi connectivity index (χ2n) is 8.75. The van der Waals surface area contributed by atoms with Gasteiger partial charge in [0, 0.05) is 17.8 Å². The fraction of sp³-hybridized carbons (Fsp3) is 0.556. The second kappa shape index (κ2) is 11.9. The first-order valence-electron chi connectivity index (χ1n) is 11.9. The summed E-state index contributed by atoms with van der Waals surface area (Å²) in [4.78, 5) is 2.54. The van der Waals surface area contributed by atoms with Crippen LogP contribution in [0.5, 0.6) is 23.0 Å². The Hall–Kier alpha value is -2.08. The van der Waals surface area contributed by atoms with Crippen LogP contribution >= 0.6 is 15.9 Å². The van der Waals surface area contributed by atoms with Crippen molar-refractivity contribution >= 4 is 21.6 Å². The van der Waals surface area contributed by atoms with Crippen LogP contribution in [0.1, 0.15) is 69.5 Å². The minimum absolute atomic E-state index is 0.246. The first kappa shape index (κ1) is 25.5. The van der Waals surface area contributed by atoms with E-state index in [-0.39, 0.29) is 6.04 Å². The lowest BCUT2D eigenvalue weighted by Gasteiger charge is -2.44. The highest BCUT2D eigenvalue weighted by Gasteiger charge is 2.34. The molecule has 0 amide bonds. The summed E-state index contributed by atoms with van der Waals surface area (Å²) in [6, 6.07) is 9.15. The van der Waals surface area contributed by atoms with Gasteiger partial charge in [-0.2, -0.15) is 0 Å². The van der Waals surface area contributed by atoms with Gasteiger partial charge in [0.15, 0.2) is 23.0 Å². The highest BCUT2D eigenvalue weighted by atomic mass is 79.9. The summed E-state index contributed by atoms with van der Waals surface area (Å²) in [5.74, 6) is 3.03. The topological polar surface area (TPSA) is 40.2 Å². The Labute approximate surface area is 207 Å². The quantitative estimate of drug-likeness (QED) is 0.290. The van der Waals surface area contributed by atoms with Gasteiger partial charge in [-0.25, -0.2) is 0 Å². The molecule has 0 spiro atoms. The number of hydrogen-bond acceptors (Lipinski definition) is 5. The van der Waals surface area contributed by atoms with E-state index in [0.717, 1.165) is 40.3 Å². The normalized spacial score (nSPS) is 17.5. The number of methoxy groups -OCH3 is 4. The number of anilines is 1. The summed E-state index contributed by atoms with van der Waals surface area (Å²) in [7, 11) is 6.76. The van der Waals surface area contributed by atoms with Crippen LogP contribution in [0.4, 0.5) is 5.69 Å². The van der Waals surface area contributed by atoms with Crippen LogP contribution in [-0.2, 0) is 6.42 Å². The first-order chi connectivity index (χ1) is 16.0. The van der Waals surface area contributed by atoms with Crippen LogP contribution in [0.25, 0.3) is 0 Å². The zero-order valence-corrected chi connectivity index (χ0v) is 22.5. The van der Waals surface area contributed by atoms with E-state index in [0.29, 0.717) is 11.8 Å². The van der Waals surface area contributed by atoms with E-state index in [4.69, 9.17) is 18.9 Å². The summed E-state index contributed by atoms with van der Waals surface area (Å²) in [5, 5.41) is 0. The number of benzene rings is 2. The van der Waals surface area contributed by atoms with Crippen molar-refractivity contribution in [2.45, 2.75) is 70.9 Å². The maximum absolute atomic E-state index is 5.67. The Morgan fingerprint density at radius 2 is 1.52 bits per heavy atom. The lowest BCUT2D eigenvalue weighted by Crippen LogP contribution is -2.42. The molecule has 5 nitrogen and oxygen atoms in total. The zero-order valence-electron chi connectivity index (χ0n) is 20.9. The Morgan fingerprint density at radius 1 is 0.848 bits per heavy atom. The summed E-state index contributed by atoms with van der Waals surface area (Å²) in [6.45, 7) is 4.56. The minimum Gasteiger partial charge on any atom is -0.493 e. The molecular weight excluding hydrogens is 482 g/mol. The van der Waals surface area contributed by atoms with Crippen molar-refractivity contribution in [3.63, 3.8) is 0 Å². The number of hydrogen-bond donors (Lipinski definition) is 0. The van der Waals surface area contributed by atoms with Gasteiger partial charge in [0.25, 0.3) is 0 Å². The van der Waals surface area contributed by atoms with E-state index in [1.54, 1.807) is 28.4 Å². The molecule has 0 bridgehead atoms. The molecule has 1 heterocycles. The van der Waals surface area contributed by atoms with Crippen molar-refractivity contribution in [3.8, 4) is 23.0 Å². The molecule has 182 valence electrons. The number of unbranched alkanes of at least 4 members (excludes halogenated alkanes) is 4. The van der Waals surface area contributed by atoms with Gasteiger partial charge in [0.05, 0.1) is 39.0 Å². The SMILES string of the molecule is CCCCCCCC1c2cc(OC)c(OC)cc2CC(C)N1c1cc(Br)c(OC)c(OC)c1. The maximum Gasteiger partial charge on any atom is 0.175 e. The molecule has 0 aliphatic carbocycles. The molecule has 2 atom stereocenters. The van der Waals surface area contributed by atoms with E-state index in [1.165, 1.54) is 43.2 Å². The highest BCUT2D eigenvalue weighted by molar-refractivity contribution is 9.10. The monoisotopic (exact) mass is 519 g/mol. The van der Waals surface area contributed by atoms with Crippen molar-refractivity contribution in [2.24, 2.45) is 0 Å². The van der Waals surface area contributed by atoms with Crippen LogP contribution in [0.15, 0.2) is 28.7 Å². The molecule has 2 unspecified atom stereocenters. The number of nitrogens with zero attached hydrogens (tertiary/aromatic N) is 1. The van der Waals surface area contributed by atoms with Crippen LogP contribution in [-0.4, -0.2) is 34.5 Å². The summed E-state index contributed by atoms with van der Waals surface area (Å²) in [6.07, 6.45) is 8.32. The number of fused-ring (bicyclic) bond motifs is 1. The van der Waals surface area contributed by atoms with Crippen molar-refractivity contribution in [3.05, 3.63) is 39.9 Å². The number of halogens is 1. The zero-order chi connectivity index (χ0) is 24.0. The molecule has 2 aromatic carbocycles. The fourth-order valence-corrected chi connectivity index (χ4v) is 5.61. The van der Waals surface area contributed by atoms with Gasteiger partial charge in [-0.15, -0.1) is 0 Å². The summed E-state index contributed by atoms with van der Waals surface area (Å²) >= 11 is 3.69. The molecule has 33 heavy (non-hydrogen) atoms. The molecule has 2 aromatic rings. The standard InChI is InChI=1S/C27H38BrNO4/c1-7-8-9-10-11-12-23-21-17-25(31-4)24(30-3)14-19(21)13-18(2)29(23)20-15-22(28)27(33-6)26(16-20)32-5/h14-18,23H,7-13H2,1-6H3. The summed E-state index contributed by atoms with van der Waals surface area (Å²) in [5.41, 5.74) is 3.80. The fourth-order valence-electron chi connectivity index (χ4n) is 5.02. The highest BCUT2D eigenvalue weighted by Crippen LogP contribution is 2.47. The molecule has 0 saturated carbocycles. The average Bonchev–Trinajstić information content (AvgIpc) is 2.82. The van der Waals surface area contributed by atoms with Gasteiger partial charge in [-0.05, 0) is 65.0 Å². The van der Waals surface area contributed by atoms with Gasteiger partial charge >= 0.3 is 0 Å². The Kier molecular flexibility index (Phi) is 9.19. The molecule has 6 heteroatoms. The molecule has 0 aromatic heterocycles. The van der Waals surface area contributed by atoms with E-state index < -0.39 is 0 Å². The molecule has 0 radical (unpaired) electrons. The molecular formula is C27H38BrNO4. The predicted octanol–water partition coefficient (Wildman–Crippen LogP) is 7.34. The third-order valence-corrected chi connectivity index (χ3v) is 7.22. The van der Waals surface area contributed by atoms with Gasteiger partial charge in [0.1, 0.15) is 0 Å². The first-order valence-corrected chi connectivity index (χ1v) is 12.7. The van der Waals surface area contributed by atoms with E-state index >= 15 is 0 Å². The van der Waals surface area contributed by atoms with Gasteiger partial charge in [0.2, 0.25) is 0 Å².